The van der Waals surface area contributed by atoms with Crippen LogP contribution in [0.3, 0.4) is 0 Å². The van der Waals surface area contributed by atoms with Gasteiger partial charge in [0.05, 0.1) is 17.0 Å². The summed E-state index contributed by atoms with van der Waals surface area (Å²) in [6, 6.07) is 15.3. The molecular weight excluding hydrogens is 312 g/mol. The fourth-order valence-corrected chi connectivity index (χ4v) is 3.66. The lowest BCUT2D eigenvalue weighted by Crippen LogP contribution is -2.13. The predicted octanol–water partition coefficient (Wildman–Crippen LogP) is 4.36. The van der Waals surface area contributed by atoms with Crippen molar-refractivity contribution in [2.75, 3.05) is 0 Å². The van der Waals surface area contributed by atoms with Gasteiger partial charge in [-0.25, -0.2) is 4.79 Å². The Balaban J connectivity index is 1.89. The molecule has 1 aliphatic carbocycles. The average molecular weight is 332 g/mol. The molecular formula is C21H20N2O2. The number of benzene rings is 1. The largest absolute Gasteiger partial charge is 0.478 e. The molecule has 1 aliphatic rings. The normalized spacial score (nSPS) is 16.4. The summed E-state index contributed by atoms with van der Waals surface area (Å²) in [6.45, 7) is 2.29. The number of carbonyl (C=O) groups is 1. The summed E-state index contributed by atoms with van der Waals surface area (Å²) < 4.78 is 2.25. The number of aromatic nitrogens is 2. The molecule has 4 rings (SSSR count). The van der Waals surface area contributed by atoms with E-state index in [1.807, 2.05) is 36.5 Å². The predicted molar refractivity (Wildman–Crippen MR) is 97.1 cm³/mol. The zero-order valence-corrected chi connectivity index (χ0v) is 14.1. The molecule has 0 saturated carbocycles. The van der Waals surface area contributed by atoms with Gasteiger partial charge in [0, 0.05) is 17.6 Å². The van der Waals surface area contributed by atoms with Gasteiger partial charge >= 0.3 is 5.97 Å². The minimum Gasteiger partial charge on any atom is -0.478 e. The summed E-state index contributed by atoms with van der Waals surface area (Å²) in [4.78, 5) is 15.7. The number of pyridine rings is 1. The topological polar surface area (TPSA) is 55.1 Å². The minimum atomic E-state index is -0.903. The van der Waals surface area contributed by atoms with E-state index in [1.165, 1.54) is 17.7 Å². The van der Waals surface area contributed by atoms with Crippen LogP contribution < -0.4 is 0 Å². The molecule has 0 radical (unpaired) electrons. The summed E-state index contributed by atoms with van der Waals surface area (Å²) in [5.41, 5.74) is 6.00. The Kier molecular flexibility index (Phi) is 3.88. The van der Waals surface area contributed by atoms with Gasteiger partial charge in [0.15, 0.2) is 0 Å². The van der Waals surface area contributed by atoms with Crippen LogP contribution in [-0.2, 0) is 12.8 Å². The van der Waals surface area contributed by atoms with Gasteiger partial charge in [-0.2, -0.15) is 0 Å². The first-order valence-corrected chi connectivity index (χ1v) is 8.62. The fourth-order valence-electron chi connectivity index (χ4n) is 3.66. The van der Waals surface area contributed by atoms with Gasteiger partial charge in [-0.3, -0.25) is 4.98 Å². The molecule has 3 aromatic rings. The fraction of sp³-hybridized carbons (Fsp3) is 0.238. The van der Waals surface area contributed by atoms with Crippen LogP contribution in [-0.4, -0.2) is 20.6 Å². The van der Waals surface area contributed by atoms with E-state index in [0.29, 0.717) is 11.5 Å². The number of hydrogen-bond donors (Lipinski definition) is 1. The highest BCUT2D eigenvalue weighted by Crippen LogP contribution is 2.34. The van der Waals surface area contributed by atoms with Crippen LogP contribution >= 0.6 is 0 Å². The van der Waals surface area contributed by atoms with E-state index < -0.39 is 5.97 Å². The van der Waals surface area contributed by atoms with E-state index in [0.717, 1.165) is 29.9 Å². The molecule has 0 bridgehead atoms. The second kappa shape index (κ2) is 6.20. The quantitative estimate of drug-likeness (QED) is 0.775. The van der Waals surface area contributed by atoms with E-state index >= 15 is 0 Å². The second-order valence-corrected chi connectivity index (χ2v) is 6.75. The van der Waals surface area contributed by atoms with Gasteiger partial charge in [-0.1, -0.05) is 13.0 Å². The van der Waals surface area contributed by atoms with Crippen LogP contribution in [0.1, 0.15) is 35.0 Å². The molecule has 4 heteroatoms. The Morgan fingerprint density at radius 3 is 2.68 bits per heavy atom. The highest BCUT2D eigenvalue weighted by atomic mass is 16.4. The van der Waals surface area contributed by atoms with Crippen LogP contribution in [0.15, 0.2) is 54.7 Å². The molecule has 0 fully saturated rings. The third-order valence-corrected chi connectivity index (χ3v) is 4.93. The van der Waals surface area contributed by atoms with E-state index in [4.69, 9.17) is 5.11 Å². The number of aromatic carboxylic acids is 1. The van der Waals surface area contributed by atoms with Crippen LogP contribution in [0, 0.1) is 5.92 Å². The van der Waals surface area contributed by atoms with Crippen LogP contribution in [0.2, 0.25) is 0 Å². The Hall–Kier alpha value is -2.88. The zero-order valence-electron chi connectivity index (χ0n) is 14.1. The van der Waals surface area contributed by atoms with Crippen molar-refractivity contribution >= 4 is 5.97 Å². The van der Waals surface area contributed by atoms with Crippen molar-refractivity contribution in [2.45, 2.75) is 26.2 Å². The number of carboxylic acid groups (broad SMARTS) is 1. The monoisotopic (exact) mass is 332 g/mol. The second-order valence-electron chi connectivity index (χ2n) is 6.75. The first-order chi connectivity index (χ1) is 12.1. The highest BCUT2D eigenvalue weighted by molar-refractivity contribution is 5.87. The molecule has 4 nitrogen and oxygen atoms in total. The van der Waals surface area contributed by atoms with Crippen molar-refractivity contribution in [3.8, 4) is 17.1 Å². The molecule has 0 amide bonds. The molecule has 2 heterocycles. The summed E-state index contributed by atoms with van der Waals surface area (Å²) in [5, 5.41) is 9.14. The van der Waals surface area contributed by atoms with Gasteiger partial charge in [0.2, 0.25) is 0 Å². The third kappa shape index (κ3) is 2.84. The van der Waals surface area contributed by atoms with Gasteiger partial charge < -0.3 is 9.67 Å². The van der Waals surface area contributed by atoms with E-state index in [-0.39, 0.29) is 0 Å². The van der Waals surface area contributed by atoms with Crippen molar-refractivity contribution in [3.63, 3.8) is 0 Å². The molecule has 1 N–H and O–H groups in total. The molecule has 126 valence electrons. The molecule has 25 heavy (non-hydrogen) atoms. The minimum absolute atomic E-state index is 0.304. The van der Waals surface area contributed by atoms with Crippen LogP contribution in [0.25, 0.3) is 17.1 Å². The lowest BCUT2D eigenvalue weighted by molar-refractivity contribution is 0.0697. The van der Waals surface area contributed by atoms with Crippen molar-refractivity contribution in [2.24, 2.45) is 5.92 Å². The Morgan fingerprint density at radius 2 is 2.00 bits per heavy atom. The van der Waals surface area contributed by atoms with Crippen LogP contribution in [0.4, 0.5) is 0 Å². The maximum absolute atomic E-state index is 11.1. The van der Waals surface area contributed by atoms with E-state index in [9.17, 15) is 4.79 Å². The SMILES string of the molecule is CC1CCc2c(cc(-c3ccccn3)n2-c2ccc(C(=O)O)cc2)C1. The summed E-state index contributed by atoms with van der Waals surface area (Å²) in [6.07, 6.45) is 5.09. The van der Waals surface area contributed by atoms with Gasteiger partial charge in [-0.05, 0) is 73.2 Å². The molecule has 0 spiro atoms. The molecule has 1 aromatic carbocycles. The first-order valence-electron chi connectivity index (χ1n) is 8.62. The van der Waals surface area contributed by atoms with E-state index in [1.54, 1.807) is 12.1 Å². The maximum atomic E-state index is 11.1. The third-order valence-electron chi connectivity index (χ3n) is 4.93. The Morgan fingerprint density at radius 1 is 1.20 bits per heavy atom. The van der Waals surface area contributed by atoms with Crippen molar-refractivity contribution in [1.29, 1.82) is 0 Å². The van der Waals surface area contributed by atoms with Gasteiger partial charge in [0.1, 0.15) is 0 Å². The average Bonchev–Trinajstić information content (AvgIpc) is 3.01. The van der Waals surface area contributed by atoms with Crippen molar-refractivity contribution in [3.05, 3.63) is 71.5 Å². The molecule has 0 saturated heterocycles. The maximum Gasteiger partial charge on any atom is 0.335 e. The van der Waals surface area contributed by atoms with Crippen molar-refractivity contribution < 1.29 is 9.90 Å². The number of rotatable bonds is 3. The number of nitrogens with zero attached hydrogens (tertiary/aromatic N) is 2. The van der Waals surface area contributed by atoms with E-state index in [2.05, 4.69) is 22.5 Å². The van der Waals surface area contributed by atoms with Gasteiger partial charge in [0.25, 0.3) is 0 Å². The number of hydrogen-bond acceptors (Lipinski definition) is 2. The first kappa shape index (κ1) is 15.6. The molecule has 2 aromatic heterocycles. The molecule has 1 atom stereocenters. The Bertz CT molecular complexity index is 911. The Labute approximate surface area is 146 Å². The lowest BCUT2D eigenvalue weighted by atomic mass is 9.89. The lowest BCUT2D eigenvalue weighted by Gasteiger charge is -2.21. The molecule has 1 unspecified atom stereocenters. The smallest absolute Gasteiger partial charge is 0.335 e. The summed E-state index contributed by atoms with van der Waals surface area (Å²) in [7, 11) is 0. The highest BCUT2D eigenvalue weighted by Gasteiger charge is 2.23. The van der Waals surface area contributed by atoms with Gasteiger partial charge in [-0.15, -0.1) is 0 Å². The zero-order chi connectivity index (χ0) is 17.4. The summed E-state index contributed by atoms with van der Waals surface area (Å²) in [5.74, 6) is -0.214. The molecule has 0 aliphatic heterocycles. The number of carboxylic acids is 1. The summed E-state index contributed by atoms with van der Waals surface area (Å²) >= 11 is 0. The van der Waals surface area contributed by atoms with Crippen LogP contribution in [0.5, 0.6) is 0 Å². The standard InChI is InChI=1S/C21H20N2O2/c1-14-5-10-19-16(12-14)13-20(18-4-2-3-11-22-18)23(19)17-8-6-15(7-9-17)21(24)25/h2-4,6-9,11,13-14H,5,10,12H2,1H3,(H,24,25). The number of fused-ring (bicyclic) bond motifs is 1. The van der Waals surface area contributed by atoms with Crippen molar-refractivity contribution in [1.82, 2.24) is 9.55 Å².